The van der Waals surface area contributed by atoms with Crippen molar-refractivity contribution in [1.82, 2.24) is 5.32 Å². The van der Waals surface area contributed by atoms with Gasteiger partial charge >= 0.3 is 0 Å². The Hall–Kier alpha value is -2.24. The van der Waals surface area contributed by atoms with E-state index in [1.165, 1.54) is 13.2 Å². The van der Waals surface area contributed by atoms with Gasteiger partial charge in [0.15, 0.2) is 0 Å². The Labute approximate surface area is 135 Å². The quantitative estimate of drug-likeness (QED) is 0.860. The average Bonchev–Trinajstić information content (AvgIpc) is 2.56. The van der Waals surface area contributed by atoms with Gasteiger partial charge in [-0.05, 0) is 30.2 Å². The van der Waals surface area contributed by atoms with E-state index >= 15 is 0 Å². The number of carbonyl (C=O) groups is 1. The van der Waals surface area contributed by atoms with E-state index in [-0.39, 0.29) is 24.9 Å². The molecule has 0 fully saturated rings. The maximum absolute atomic E-state index is 13.6. The van der Waals surface area contributed by atoms with Crippen LogP contribution in [0.25, 0.3) is 0 Å². The second kappa shape index (κ2) is 7.35. The van der Waals surface area contributed by atoms with Gasteiger partial charge in [0.2, 0.25) is 5.91 Å². The van der Waals surface area contributed by atoms with Crippen molar-refractivity contribution in [3.8, 4) is 0 Å². The summed E-state index contributed by atoms with van der Waals surface area (Å²) >= 11 is 0. The van der Waals surface area contributed by atoms with E-state index in [1.807, 2.05) is 30.3 Å². The first-order valence-corrected chi connectivity index (χ1v) is 7.34. The van der Waals surface area contributed by atoms with Gasteiger partial charge in [-0.2, -0.15) is 0 Å². The molecule has 0 heterocycles. The molecule has 5 heteroatoms. The van der Waals surface area contributed by atoms with Gasteiger partial charge in [-0.1, -0.05) is 36.4 Å². The molecule has 0 spiro atoms. The second-order valence-corrected chi connectivity index (χ2v) is 5.61. The Kier molecular flexibility index (Phi) is 5.47. The van der Waals surface area contributed by atoms with E-state index in [2.05, 4.69) is 5.32 Å². The van der Waals surface area contributed by atoms with Gasteiger partial charge in [0.25, 0.3) is 0 Å². The number of halogens is 1. The summed E-state index contributed by atoms with van der Waals surface area (Å²) in [4.78, 5) is 12.4. The number of carbonyl (C=O) groups excluding carboxylic acids is 1. The average molecular weight is 316 g/mol. The fourth-order valence-corrected chi connectivity index (χ4v) is 2.29. The Balaban J connectivity index is 2.06. The largest absolute Gasteiger partial charge is 0.380 e. The normalized spacial score (nSPS) is 13.4. The van der Waals surface area contributed by atoms with Gasteiger partial charge in [0.1, 0.15) is 11.4 Å². The maximum atomic E-state index is 13.6. The Bertz CT molecular complexity index is 672. The van der Waals surface area contributed by atoms with Crippen LogP contribution >= 0.6 is 0 Å². The van der Waals surface area contributed by atoms with Crippen LogP contribution in [0.4, 0.5) is 4.39 Å². The predicted octanol–water partition coefficient (Wildman–Crippen LogP) is 2.46. The number of amides is 1. The van der Waals surface area contributed by atoms with E-state index in [0.29, 0.717) is 5.56 Å². The summed E-state index contributed by atoms with van der Waals surface area (Å²) in [6, 6.07) is 13.8. The lowest BCUT2D eigenvalue weighted by molar-refractivity contribution is -0.126. The van der Waals surface area contributed by atoms with Crippen molar-refractivity contribution in [2.75, 3.05) is 7.11 Å². The Morgan fingerprint density at radius 3 is 2.61 bits per heavy atom. The molecule has 122 valence electrons. The summed E-state index contributed by atoms with van der Waals surface area (Å²) in [5.41, 5.74) is 7.00. The molecule has 0 aliphatic heterocycles. The molecule has 1 unspecified atom stereocenters. The summed E-state index contributed by atoms with van der Waals surface area (Å²) in [7, 11) is 1.51. The molecule has 0 radical (unpaired) electrons. The monoisotopic (exact) mass is 316 g/mol. The summed E-state index contributed by atoms with van der Waals surface area (Å²) in [5, 5.41) is 2.80. The minimum Gasteiger partial charge on any atom is -0.380 e. The lowest BCUT2D eigenvalue weighted by Gasteiger charge is -2.24. The molecule has 23 heavy (non-hydrogen) atoms. The van der Waals surface area contributed by atoms with Crippen molar-refractivity contribution >= 4 is 5.91 Å². The molecule has 4 nitrogen and oxygen atoms in total. The molecule has 0 aliphatic carbocycles. The summed E-state index contributed by atoms with van der Waals surface area (Å²) in [5.74, 6) is -0.615. The van der Waals surface area contributed by atoms with E-state index in [4.69, 9.17) is 10.5 Å². The van der Waals surface area contributed by atoms with Gasteiger partial charge in [-0.3, -0.25) is 4.79 Å². The van der Waals surface area contributed by atoms with Gasteiger partial charge < -0.3 is 15.8 Å². The first-order valence-electron chi connectivity index (χ1n) is 7.34. The molecule has 3 N–H and O–H groups in total. The molecular weight excluding hydrogens is 295 g/mol. The molecule has 2 aromatic rings. The fourth-order valence-electron chi connectivity index (χ4n) is 2.29. The molecule has 2 rings (SSSR count). The number of nitrogens with two attached hydrogens (primary N) is 1. The van der Waals surface area contributed by atoms with Crippen molar-refractivity contribution in [2.24, 2.45) is 5.73 Å². The van der Waals surface area contributed by atoms with Crippen molar-refractivity contribution < 1.29 is 13.9 Å². The minimum absolute atomic E-state index is 0.187. The Morgan fingerprint density at radius 1 is 1.26 bits per heavy atom. The zero-order valence-electron chi connectivity index (χ0n) is 13.3. The highest BCUT2D eigenvalue weighted by Gasteiger charge is 2.29. The van der Waals surface area contributed by atoms with Crippen LogP contribution in [0, 0.1) is 5.82 Å². The third-order valence-electron chi connectivity index (χ3n) is 3.71. The van der Waals surface area contributed by atoms with Gasteiger partial charge in [0, 0.05) is 19.2 Å². The van der Waals surface area contributed by atoms with Crippen LogP contribution < -0.4 is 11.1 Å². The number of ether oxygens (including phenoxy) is 1. The van der Waals surface area contributed by atoms with Crippen LogP contribution in [0.3, 0.4) is 0 Å². The standard InChI is InChI=1S/C18H21FN2O2/c1-18(20,15-6-4-3-5-7-15)17(22)21-11-13-8-9-16(19)14(10-13)12-23-2/h3-10H,11-12,20H2,1-2H3,(H,21,22). The van der Waals surface area contributed by atoms with Gasteiger partial charge in [0.05, 0.1) is 6.61 Å². The van der Waals surface area contributed by atoms with E-state index in [0.717, 1.165) is 11.1 Å². The smallest absolute Gasteiger partial charge is 0.244 e. The maximum Gasteiger partial charge on any atom is 0.244 e. The highest BCUT2D eigenvalue weighted by molar-refractivity contribution is 5.86. The second-order valence-electron chi connectivity index (χ2n) is 5.61. The van der Waals surface area contributed by atoms with E-state index in [1.54, 1.807) is 19.1 Å². The molecule has 1 amide bonds. The highest BCUT2D eigenvalue weighted by atomic mass is 19.1. The number of hydrogen-bond acceptors (Lipinski definition) is 3. The molecule has 0 saturated carbocycles. The van der Waals surface area contributed by atoms with Crippen molar-refractivity contribution in [3.05, 3.63) is 71.0 Å². The number of methoxy groups -OCH3 is 1. The predicted molar refractivity (Wildman–Crippen MR) is 86.9 cm³/mol. The molecule has 1 atom stereocenters. The van der Waals surface area contributed by atoms with Crippen LogP contribution in [0.15, 0.2) is 48.5 Å². The van der Waals surface area contributed by atoms with E-state index in [9.17, 15) is 9.18 Å². The summed E-state index contributed by atoms with van der Waals surface area (Å²) < 4.78 is 18.5. The zero-order valence-corrected chi connectivity index (χ0v) is 13.3. The first kappa shape index (κ1) is 17.1. The number of benzene rings is 2. The molecule has 0 saturated heterocycles. The number of rotatable bonds is 6. The lowest BCUT2D eigenvalue weighted by Crippen LogP contribution is -2.48. The van der Waals surface area contributed by atoms with Crippen molar-refractivity contribution in [1.29, 1.82) is 0 Å². The van der Waals surface area contributed by atoms with Gasteiger partial charge in [-0.15, -0.1) is 0 Å². The van der Waals surface area contributed by atoms with Crippen LogP contribution in [0.5, 0.6) is 0 Å². The topological polar surface area (TPSA) is 64.3 Å². The molecule has 0 bridgehead atoms. The summed E-state index contributed by atoms with van der Waals surface area (Å²) in [6.45, 7) is 2.13. The molecule has 0 aromatic heterocycles. The number of hydrogen-bond donors (Lipinski definition) is 2. The number of nitrogens with one attached hydrogen (secondary N) is 1. The molecule has 0 aliphatic rings. The first-order chi connectivity index (χ1) is 10.9. The van der Waals surface area contributed by atoms with Gasteiger partial charge in [-0.25, -0.2) is 4.39 Å². The van der Waals surface area contributed by atoms with Crippen molar-refractivity contribution in [2.45, 2.75) is 25.6 Å². The molecule has 2 aromatic carbocycles. The zero-order chi connectivity index (χ0) is 16.9. The highest BCUT2D eigenvalue weighted by Crippen LogP contribution is 2.18. The third-order valence-corrected chi connectivity index (χ3v) is 3.71. The van der Waals surface area contributed by atoms with Crippen LogP contribution in [-0.4, -0.2) is 13.0 Å². The molecular formula is C18H21FN2O2. The minimum atomic E-state index is -1.13. The fraction of sp³-hybridized carbons (Fsp3) is 0.278. The van der Waals surface area contributed by atoms with Crippen LogP contribution in [0.2, 0.25) is 0 Å². The van der Waals surface area contributed by atoms with Crippen molar-refractivity contribution in [3.63, 3.8) is 0 Å². The Morgan fingerprint density at radius 2 is 1.96 bits per heavy atom. The summed E-state index contributed by atoms with van der Waals surface area (Å²) in [6.07, 6.45) is 0. The van der Waals surface area contributed by atoms with E-state index < -0.39 is 5.54 Å². The lowest BCUT2D eigenvalue weighted by atomic mass is 9.92. The van der Waals surface area contributed by atoms with Crippen LogP contribution in [0.1, 0.15) is 23.6 Å². The SMILES string of the molecule is COCc1cc(CNC(=O)C(C)(N)c2ccccc2)ccc1F. The van der Waals surface area contributed by atoms with Crippen LogP contribution in [-0.2, 0) is 28.2 Å². The third kappa shape index (κ3) is 4.15.